The first-order valence-corrected chi connectivity index (χ1v) is 4.87. The third-order valence-electron chi connectivity index (χ3n) is 1.67. The summed E-state index contributed by atoms with van der Waals surface area (Å²) in [6, 6.07) is 3.52. The van der Waals surface area contributed by atoms with Gasteiger partial charge in [-0.2, -0.15) is 0 Å². The summed E-state index contributed by atoms with van der Waals surface area (Å²) in [6.07, 6.45) is 3.46. The first-order chi connectivity index (χ1) is 6.76. The number of aliphatic imine (C=N–C) groups is 1. The Balaban J connectivity index is 2.78. The van der Waals surface area contributed by atoms with Crippen molar-refractivity contribution in [3.8, 4) is 0 Å². The molecule has 0 aromatic carbocycles. The number of halogens is 1. The largest absolute Gasteiger partial charge is 0.484 e. The van der Waals surface area contributed by atoms with Gasteiger partial charge in [-0.1, -0.05) is 18.5 Å². The fourth-order valence-corrected chi connectivity index (χ4v) is 1.11. The summed E-state index contributed by atoms with van der Waals surface area (Å²) in [4.78, 5) is 8.21. The zero-order valence-electron chi connectivity index (χ0n) is 8.33. The van der Waals surface area contributed by atoms with Crippen LogP contribution in [0.2, 0.25) is 5.15 Å². The smallest absolute Gasteiger partial charge is 0.188 e. The fraction of sp³-hybridized carbons (Fsp3) is 0.400. The molecule has 0 saturated carbocycles. The zero-order valence-corrected chi connectivity index (χ0v) is 9.08. The quantitative estimate of drug-likeness (QED) is 0.438. The Kier molecular flexibility index (Phi) is 4.40. The molecule has 1 aromatic heterocycles. The van der Waals surface area contributed by atoms with Gasteiger partial charge in [0, 0.05) is 6.42 Å². The Labute approximate surface area is 88.8 Å². The van der Waals surface area contributed by atoms with Crippen LogP contribution < -0.4 is 0 Å². The van der Waals surface area contributed by atoms with E-state index in [4.69, 9.17) is 16.3 Å². The second-order valence-corrected chi connectivity index (χ2v) is 3.19. The minimum absolute atomic E-state index is 0.471. The number of hydrogen-bond donors (Lipinski definition) is 0. The van der Waals surface area contributed by atoms with E-state index in [-0.39, 0.29) is 0 Å². The van der Waals surface area contributed by atoms with Crippen molar-refractivity contribution in [3.05, 3.63) is 23.5 Å². The third-order valence-corrected chi connectivity index (χ3v) is 1.89. The van der Waals surface area contributed by atoms with Crippen LogP contribution >= 0.6 is 11.6 Å². The standard InChI is InChI=1S/C10H13ClN2O/c1-3-4-10(14-2)13-8-5-6-9(11)12-7-8/h5-7H,3-4H2,1-2H3. The van der Waals surface area contributed by atoms with Crippen LogP contribution in [-0.2, 0) is 4.74 Å². The first-order valence-electron chi connectivity index (χ1n) is 4.49. The molecular weight excluding hydrogens is 200 g/mol. The minimum atomic E-state index is 0.471. The Morgan fingerprint density at radius 1 is 1.57 bits per heavy atom. The van der Waals surface area contributed by atoms with Gasteiger partial charge in [0.2, 0.25) is 0 Å². The summed E-state index contributed by atoms with van der Waals surface area (Å²) in [6.45, 7) is 2.08. The van der Waals surface area contributed by atoms with E-state index >= 15 is 0 Å². The van der Waals surface area contributed by atoms with Crippen LogP contribution in [0.4, 0.5) is 5.69 Å². The van der Waals surface area contributed by atoms with Gasteiger partial charge in [0.1, 0.15) is 5.15 Å². The van der Waals surface area contributed by atoms with Crippen LogP contribution in [0, 0.1) is 0 Å². The van der Waals surface area contributed by atoms with Crippen molar-refractivity contribution < 1.29 is 4.74 Å². The SMILES string of the molecule is CCCC(=Nc1ccc(Cl)nc1)OC. The Bertz CT molecular complexity index is 308. The summed E-state index contributed by atoms with van der Waals surface area (Å²) in [5.41, 5.74) is 0.764. The van der Waals surface area contributed by atoms with Gasteiger partial charge in [-0.25, -0.2) is 9.98 Å². The van der Waals surface area contributed by atoms with Crippen LogP contribution in [0.15, 0.2) is 23.3 Å². The van der Waals surface area contributed by atoms with Crippen LogP contribution in [0.3, 0.4) is 0 Å². The topological polar surface area (TPSA) is 34.5 Å². The molecule has 0 N–H and O–H groups in total. The molecular formula is C10H13ClN2O. The number of nitrogens with zero attached hydrogens (tertiary/aromatic N) is 2. The molecule has 0 saturated heterocycles. The van der Waals surface area contributed by atoms with E-state index in [0.29, 0.717) is 5.15 Å². The summed E-state index contributed by atoms with van der Waals surface area (Å²) < 4.78 is 5.11. The van der Waals surface area contributed by atoms with Crippen molar-refractivity contribution >= 4 is 23.2 Å². The fourth-order valence-electron chi connectivity index (χ4n) is 0.996. The zero-order chi connectivity index (χ0) is 10.4. The summed E-state index contributed by atoms with van der Waals surface area (Å²) in [5, 5.41) is 0.471. The van der Waals surface area contributed by atoms with Crippen molar-refractivity contribution in [2.75, 3.05) is 7.11 Å². The molecule has 0 unspecified atom stereocenters. The van der Waals surface area contributed by atoms with Gasteiger partial charge >= 0.3 is 0 Å². The molecule has 1 aromatic rings. The molecule has 0 aliphatic heterocycles. The number of aromatic nitrogens is 1. The number of pyridine rings is 1. The molecule has 3 nitrogen and oxygen atoms in total. The Hall–Kier alpha value is -1.09. The highest BCUT2D eigenvalue weighted by molar-refractivity contribution is 6.29. The molecule has 76 valence electrons. The molecule has 0 amide bonds. The molecule has 1 rings (SSSR count). The lowest BCUT2D eigenvalue weighted by Gasteiger charge is -2.02. The molecule has 0 bridgehead atoms. The number of rotatable bonds is 3. The summed E-state index contributed by atoms with van der Waals surface area (Å²) in [7, 11) is 1.62. The Morgan fingerprint density at radius 2 is 2.36 bits per heavy atom. The van der Waals surface area contributed by atoms with E-state index in [2.05, 4.69) is 16.9 Å². The normalized spacial score (nSPS) is 11.5. The maximum Gasteiger partial charge on any atom is 0.188 e. The molecule has 0 atom stereocenters. The van der Waals surface area contributed by atoms with E-state index in [1.54, 1.807) is 19.4 Å². The maximum absolute atomic E-state index is 5.65. The van der Waals surface area contributed by atoms with Crippen molar-refractivity contribution in [3.63, 3.8) is 0 Å². The maximum atomic E-state index is 5.65. The highest BCUT2D eigenvalue weighted by atomic mass is 35.5. The molecule has 0 radical (unpaired) electrons. The van der Waals surface area contributed by atoms with Gasteiger partial charge in [-0.15, -0.1) is 0 Å². The number of hydrogen-bond acceptors (Lipinski definition) is 3. The van der Waals surface area contributed by atoms with E-state index in [1.165, 1.54) is 0 Å². The number of ether oxygens (including phenoxy) is 1. The van der Waals surface area contributed by atoms with Crippen LogP contribution in [0.1, 0.15) is 19.8 Å². The van der Waals surface area contributed by atoms with Crippen LogP contribution in [-0.4, -0.2) is 18.0 Å². The minimum Gasteiger partial charge on any atom is -0.484 e. The van der Waals surface area contributed by atoms with Crippen molar-refractivity contribution in [1.82, 2.24) is 4.98 Å². The van der Waals surface area contributed by atoms with Gasteiger partial charge in [0.25, 0.3) is 0 Å². The summed E-state index contributed by atoms with van der Waals surface area (Å²) >= 11 is 5.65. The second kappa shape index (κ2) is 5.60. The van der Waals surface area contributed by atoms with Crippen molar-refractivity contribution in [1.29, 1.82) is 0 Å². The van der Waals surface area contributed by atoms with Crippen LogP contribution in [0.5, 0.6) is 0 Å². The van der Waals surface area contributed by atoms with Gasteiger partial charge < -0.3 is 4.74 Å². The average molecular weight is 213 g/mol. The lowest BCUT2D eigenvalue weighted by atomic mass is 10.3. The first kappa shape index (κ1) is 11.0. The highest BCUT2D eigenvalue weighted by Gasteiger charge is 1.97. The van der Waals surface area contributed by atoms with E-state index < -0.39 is 0 Å². The van der Waals surface area contributed by atoms with Gasteiger partial charge in [-0.05, 0) is 18.6 Å². The van der Waals surface area contributed by atoms with Gasteiger partial charge in [0.05, 0.1) is 19.0 Å². The van der Waals surface area contributed by atoms with Gasteiger partial charge in [-0.3, -0.25) is 0 Å². The van der Waals surface area contributed by atoms with Crippen LogP contribution in [0.25, 0.3) is 0 Å². The molecule has 1 heterocycles. The third kappa shape index (κ3) is 3.34. The second-order valence-electron chi connectivity index (χ2n) is 2.80. The lowest BCUT2D eigenvalue weighted by Crippen LogP contribution is -1.99. The van der Waals surface area contributed by atoms with Crippen molar-refractivity contribution in [2.24, 2.45) is 4.99 Å². The van der Waals surface area contributed by atoms with E-state index in [0.717, 1.165) is 24.4 Å². The molecule has 0 aliphatic rings. The van der Waals surface area contributed by atoms with E-state index in [1.807, 2.05) is 6.07 Å². The lowest BCUT2D eigenvalue weighted by molar-refractivity contribution is 0.389. The Morgan fingerprint density at radius 3 is 2.86 bits per heavy atom. The molecule has 0 fully saturated rings. The molecule has 4 heteroatoms. The highest BCUT2D eigenvalue weighted by Crippen LogP contribution is 2.14. The predicted molar refractivity (Wildman–Crippen MR) is 58.3 cm³/mol. The van der Waals surface area contributed by atoms with Crippen molar-refractivity contribution in [2.45, 2.75) is 19.8 Å². The van der Waals surface area contributed by atoms with E-state index in [9.17, 15) is 0 Å². The molecule has 14 heavy (non-hydrogen) atoms. The summed E-state index contributed by atoms with van der Waals surface area (Å²) in [5.74, 6) is 0.719. The average Bonchev–Trinajstić information content (AvgIpc) is 2.20. The molecule has 0 aliphatic carbocycles. The molecule has 0 spiro atoms. The predicted octanol–water partition coefficient (Wildman–Crippen LogP) is 3.21. The monoisotopic (exact) mass is 212 g/mol. The van der Waals surface area contributed by atoms with Gasteiger partial charge in [0.15, 0.2) is 5.90 Å². The number of methoxy groups -OCH3 is 1.